The molecule has 134 valence electrons. The molecule has 0 fully saturated rings. The molecule has 5 nitrogen and oxygen atoms in total. The number of nitrogens with one attached hydrogen (secondary N) is 1. The minimum absolute atomic E-state index is 0.0982. The maximum absolute atomic E-state index is 12.3. The van der Waals surface area contributed by atoms with Crippen molar-refractivity contribution >= 4 is 44.8 Å². The molecule has 0 heterocycles. The quantitative estimate of drug-likeness (QED) is 0.830. The van der Waals surface area contributed by atoms with E-state index in [1.165, 1.54) is 26.2 Å². The fourth-order valence-electron chi connectivity index (χ4n) is 2.14. The monoisotopic (exact) mass is 400 g/mol. The maximum atomic E-state index is 12.3. The number of hydrogen-bond acceptors (Lipinski definition) is 3. The van der Waals surface area contributed by atoms with Crippen LogP contribution in [-0.4, -0.2) is 32.7 Å². The lowest BCUT2D eigenvalue weighted by molar-refractivity contribution is -0.115. The summed E-state index contributed by atoms with van der Waals surface area (Å²) in [6, 6.07) is 9.60. The molecule has 0 saturated carbocycles. The Morgan fingerprint density at radius 2 is 1.76 bits per heavy atom. The first-order chi connectivity index (χ1) is 11.6. The zero-order valence-corrected chi connectivity index (χ0v) is 16.3. The van der Waals surface area contributed by atoms with Crippen molar-refractivity contribution in [3.8, 4) is 0 Å². The topological polar surface area (TPSA) is 66.5 Å². The van der Waals surface area contributed by atoms with Crippen LogP contribution >= 0.6 is 23.2 Å². The second kappa shape index (κ2) is 7.74. The predicted octanol–water partition coefficient (Wildman–Crippen LogP) is 3.73. The normalized spacial score (nSPS) is 11.6. The van der Waals surface area contributed by atoms with Crippen molar-refractivity contribution in [2.24, 2.45) is 0 Å². The van der Waals surface area contributed by atoms with Crippen LogP contribution in [0.15, 0.2) is 41.3 Å². The summed E-state index contributed by atoms with van der Waals surface area (Å²) < 4.78 is 25.6. The van der Waals surface area contributed by atoms with Crippen molar-refractivity contribution in [3.63, 3.8) is 0 Å². The molecular weight excluding hydrogens is 383 g/mol. The van der Waals surface area contributed by atoms with Crippen LogP contribution in [0, 0.1) is 6.92 Å². The van der Waals surface area contributed by atoms with Crippen molar-refractivity contribution in [1.82, 2.24) is 4.31 Å². The average Bonchev–Trinajstić information content (AvgIpc) is 2.52. The average molecular weight is 401 g/mol. The molecule has 25 heavy (non-hydrogen) atoms. The van der Waals surface area contributed by atoms with E-state index in [1.807, 2.05) is 0 Å². The van der Waals surface area contributed by atoms with Gasteiger partial charge < -0.3 is 5.32 Å². The number of nitrogens with zero attached hydrogens (tertiary/aromatic N) is 1. The lowest BCUT2D eigenvalue weighted by Crippen LogP contribution is -2.22. The van der Waals surface area contributed by atoms with E-state index in [2.05, 4.69) is 5.32 Å². The van der Waals surface area contributed by atoms with E-state index < -0.39 is 10.0 Å². The van der Waals surface area contributed by atoms with Gasteiger partial charge in [-0.1, -0.05) is 35.3 Å². The molecule has 0 atom stereocenters. The van der Waals surface area contributed by atoms with Gasteiger partial charge in [0, 0.05) is 19.8 Å². The summed E-state index contributed by atoms with van der Waals surface area (Å²) >= 11 is 11.8. The molecule has 8 heteroatoms. The Kier molecular flexibility index (Phi) is 6.11. The van der Waals surface area contributed by atoms with Crippen LogP contribution in [0.25, 0.3) is 0 Å². The molecule has 0 radical (unpaired) electrons. The Labute approximate surface area is 157 Å². The molecule has 0 aliphatic carbocycles. The minimum atomic E-state index is -3.57. The highest BCUT2D eigenvalue weighted by Crippen LogP contribution is 2.24. The summed E-state index contributed by atoms with van der Waals surface area (Å²) in [5.41, 5.74) is 1.93. The summed E-state index contributed by atoms with van der Waals surface area (Å²) in [7, 11) is -0.659. The minimum Gasteiger partial charge on any atom is -0.326 e. The zero-order valence-electron chi connectivity index (χ0n) is 14.0. The van der Waals surface area contributed by atoms with Crippen LogP contribution in [0.2, 0.25) is 10.0 Å². The molecule has 1 N–H and O–H groups in total. The number of carbonyl (C=O) groups is 1. The molecule has 0 aliphatic heterocycles. The summed E-state index contributed by atoms with van der Waals surface area (Å²) in [6.45, 7) is 1.79. The third-order valence-corrected chi connectivity index (χ3v) is 6.16. The molecule has 0 aromatic heterocycles. The number of benzene rings is 2. The number of halogens is 2. The first-order valence-corrected chi connectivity index (χ1v) is 9.58. The SMILES string of the molecule is Cc1ccc(S(=O)(=O)N(C)C)cc1NC(=O)Cc1ccc(Cl)c(Cl)c1. The number of carbonyl (C=O) groups excluding carboxylic acids is 1. The Bertz CT molecular complexity index is 912. The lowest BCUT2D eigenvalue weighted by atomic mass is 10.1. The first kappa shape index (κ1) is 19.7. The molecule has 0 unspecified atom stereocenters. The highest BCUT2D eigenvalue weighted by Gasteiger charge is 2.18. The largest absolute Gasteiger partial charge is 0.326 e. The van der Waals surface area contributed by atoms with Gasteiger partial charge in [-0.3, -0.25) is 4.79 Å². The number of aryl methyl sites for hydroxylation is 1. The number of sulfonamides is 1. The van der Waals surface area contributed by atoms with Crippen LogP contribution in [0.5, 0.6) is 0 Å². The number of rotatable bonds is 5. The van der Waals surface area contributed by atoms with Gasteiger partial charge in [0.05, 0.1) is 21.4 Å². The second-order valence-corrected chi connectivity index (χ2v) is 8.70. The standard InChI is InChI=1S/C17H18Cl2N2O3S/c1-11-4-6-13(25(23,24)21(2)3)10-16(11)20-17(22)9-12-5-7-14(18)15(19)8-12/h4-8,10H,9H2,1-3H3,(H,20,22). The van der Waals surface area contributed by atoms with Crippen LogP contribution < -0.4 is 5.32 Å². The van der Waals surface area contributed by atoms with Crippen LogP contribution in [0.1, 0.15) is 11.1 Å². The highest BCUT2D eigenvalue weighted by molar-refractivity contribution is 7.89. The number of hydrogen-bond donors (Lipinski definition) is 1. The Hall–Kier alpha value is -1.60. The van der Waals surface area contributed by atoms with Gasteiger partial charge in [0.25, 0.3) is 0 Å². The Morgan fingerprint density at radius 3 is 2.36 bits per heavy atom. The van der Waals surface area contributed by atoms with E-state index in [4.69, 9.17) is 23.2 Å². The van der Waals surface area contributed by atoms with Crippen LogP contribution in [0.3, 0.4) is 0 Å². The van der Waals surface area contributed by atoms with Gasteiger partial charge in [-0.2, -0.15) is 0 Å². The van der Waals surface area contributed by atoms with Gasteiger partial charge in [0.2, 0.25) is 15.9 Å². The highest BCUT2D eigenvalue weighted by atomic mass is 35.5. The van der Waals surface area contributed by atoms with E-state index >= 15 is 0 Å². The predicted molar refractivity (Wildman–Crippen MR) is 101 cm³/mol. The van der Waals surface area contributed by atoms with Gasteiger partial charge in [-0.15, -0.1) is 0 Å². The number of amides is 1. The molecule has 0 aliphatic rings. The third-order valence-electron chi connectivity index (χ3n) is 3.61. The fourth-order valence-corrected chi connectivity index (χ4v) is 3.39. The van der Waals surface area contributed by atoms with E-state index in [0.29, 0.717) is 21.3 Å². The van der Waals surface area contributed by atoms with E-state index in [0.717, 1.165) is 9.87 Å². The fraction of sp³-hybridized carbons (Fsp3) is 0.235. The van der Waals surface area contributed by atoms with Crippen molar-refractivity contribution < 1.29 is 13.2 Å². The van der Waals surface area contributed by atoms with E-state index in [1.54, 1.807) is 31.2 Å². The summed E-state index contributed by atoms with van der Waals surface area (Å²) in [5.74, 6) is -0.277. The Balaban J connectivity index is 2.21. The molecule has 2 aromatic carbocycles. The van der Waals surface area contributed by atoms with Gasteiger partial charge in [-0.25, -0.2) is 12.7 Å². The molecule has 0 bridgehead atoms. The molecular formula is C17H18Cl2N2O3S. The molecule has 1 amide bonds. The van der Waals surface area contributed by atoms with E-state index in [9.17, 15) is 13.2 Å². The van der Waals surface area contributed by atoms with Gasteiger partial charge in [0.15, 0.2) is 0 Å². The van der Waals surface area contributed by atoms with Crippen molar-refractivity contribution in [1.29, 1.82) is 0 Å². The van der Waals surface area contributed by atoms with Crippen LogP contribution in [0.4, 0.5) is 5.69 Å². The Morgan fingerprint density at radius 1 is 1.08 bits per heavy atom. The van der Waals surface area contributed by atoms with Crippen molar-refractivity contribution in [2.75, 3.05) is 19.4 Å². The van der Waals surface area contributed by atoms with Crippen LogP contribution in [-0.2, 0) is 21.2 Å². The molecule has 0 spiro atoms. The molecule has 2 rings (SSSR count). The van der Waals surface area contributed by atoms with Crippen molar-refractivity contribution in [2.45, 2.75) is 18.2 Å². The smallest absolute Gasteiger partial charge is 0.242 e. The maximum Gasteiger partial charge on any atom is 0.242 e. The lowest BCUT2D eigenvalue weighted by Gasteiger charge is -2.14. The summed E-state index contributed by atoms with van der Waals surface area (Å²) in [6.07, 6.45) is 0.0982. The zero-order chi connectivity index (χ0) is 18.8. The number of anilines is 1. The van der Waals surface area contributed by atoms with Gasteiger partial charge in [0.1, 0.15) is 0 Å². The molecule has 0 saturated heterocycles. The van der Waals surface area contributed by atoms with Gasteiger partial charge in [-0.05, 0) is 42.3 Å². The molecule has 2 aromatic rings. The van der Waals surface area contributed by atoms with E-state index in [-0.39, 0.29) is 17.2 Å². The first-order valence-electron chi connectivity index (χ1n) is 7.38. The summed E-state index contributed by atoms with van der Waals surface area (Å²) in [4.78, 5) is 12.4. The summed E-state index contributed by atoms with van der Waals surface area (Å²) in [5, 5.41) is 3.54. The van der Waals surface area contributed by atoms with Crippen molar-refractivity contribution in [3.05, 3.63) is 57.6 Å². The second-order valence-electron chi connectivity index (χ2n) is 5.74. The van der Waals surface area contributed by atoms with Gasteiger partial charge >= 0.3 is 0 Å². The third kappa shape index (κ3) is 4.73.